The SMILES string of the molecule is CCC(CC1CC1)NC(=O)N1C[C@H](O)C[C@H]1C(=O)O. The summed E-state index contributed by atoms with van der Waals surface area (Å²) in [6.07, 6.45) is 3.64. The van der Waals surface area contributed by atoms with Gasteiger partial charge in [0.15, 0.2) is 0 Å². The molecule has 1 aliphatic heterocycles. The molecule has 0 spiro atoms. The molecule has 0 aromatic carbocycles. The predicted molar refractivity (Wildman–Crippen MR) is 68.7 cm³/mol. The first-order chi connectivity index (χ1) is 9.01. The van der Waals surface area contributed by atoms with Gasteiger partial charge in [0, 0.05) is 19.0 Å². The van der Waals surface area contributed by atoms with Crippen LogP contribution in [0.25, 0.3) is 0 Å². The molecule has 2 rings (SSSR count). The summed E-state index contributed by atoms with van der Waals surface area (Å²) in [6, 6.07) is -1.17. The minimum Gasteiger partial charge on any atom is -0.480 e. The molecule has 2 aliphatic rings. The number of carbonyl (C=O) groups is 2. The largest absolute Gasteiger partial charge is 0.480 e. The molecule has 6 heteroatoms. The molecule has 3 N–H and O–H groups in total. The molecule has 0 radical (unpaired) electrons. The Kier molecular flexibility index (Phi) is 4.29. The number of nitrogens with zero attached hydrogens (tertiary/aromatic N) is 1. The van der Waals surface area contributed by atoms with Gasteiger partial charge in [0.05, 0.1) is 6.10 Å². The number of carboxylic acid groups (broad SMARTS) is 1. The normalized spacial score (nSPS) is 28.2. The monoisotopic (exact) mass is 270 g/mol. The second-order valence-electron chi connectivity index (χ2n) is 5.63. The molecule has 2 amide bonds. The molecular weight excluding hydrogens is 248 g/mol. The maximum Gasteiger partial charge on any atom is 0.326 e. The van der Waals surface area contributed by atoms with Gasteiger partial charge in [-0.15, -0.1) is 0 Å². The standard InChI is InChI=1S/C13H22N2O4/c1-2-9(5-8-3-4-8)14-13(19)15-7-10(16)6-11(15)12(17)18/h8-11,16H,2-7H2,1H3,(H,14,19)(H,17,18)/t9?,10-,11+/m1/s1. The molecule has 1 heterocycles. The summed E-state index contributed by atoms with van der Waals surface area (Å²) < 4.78 is 0. The number of aliphatic hydroxyl groups excluding tert-OH is 1. The topological polar surface area (TPSA) is 89.9 Å². The van der Waals surface area contributed by atoms with Gasteiger partial charge in [0.25, 0.3) is 0 Å². The molecule has 6 nitrogen and oxygen atoms in total. The van der Waals surface area contributed by atoms with Gasteiger partial charge in [-0.1, -0.05) is 19.8 Å². The smallest absolute Gasteiger partial charge is 0.326 e. The van der Waals surface area contributed by atoms with Gasteiger partial charge in [-0.2, -0.15) is 0 Å². The number of urea groups is 1. The maximum atomic E-state index is 12.1. The van der Waals surface area contributed by atoms with Crippen LogP contribution in [-0.4, -0.2) is 51.8 Å². The fraction of sp³-hybridized carbons (Fsp3) is 0.846. The Hall–Kier alpha value is -1.30. The van der Waals surface area contributed by atoms with Crippen LogP contribution in [0.4, 0.5) is 4.79 Å². The summed E-state index contributed by atoms with van der Waals surface area (Å²) in [4.78, 5) is 24.4. The van der Waals surface area contributed by atoms with E-state index in [1.165, 1.54) is 17.7 Å². The zero-order valence-corrected chi connectivity index (χ0v) is 11.2. The van der Waals surface area contributed by atoms with Crippen LogP contribution in [0.3, 0.4) is 0 Å². The second kappa shape index (κ2) is 5.77. The first kappa shape index (κ1) is 14.1. The molecule has 1 unspecified atom stereocenters. The minimum atomic E-state index is -1.05. The second-order valence-corrected chi connectivity index (χ2v) is 5.63. The van der Waals surface area contributed by atoms with Gasteiger partial charge in [-0.05, 0) is 18.8 Å². The Bertz CT molecular complexity index is 357. The van der Waals surface area contributed by atoms with E-state index in [0.717, 1.165) is 12.8 Å². The van der Waals surface area contributed by atoms with Crippen molar-refractivity contribution in [2.45, 2.75) is 57.2 Å². The third-order valence-electron chi connectivity index (χ3n) is 3.96. The minimum absolute atomic E-state index is 0.0999. The number of likely N-dealkylation sites (tertiary alicyclic amines) is 1. The van der Waals surface area contributed by atoms with Crippen LogP contribution in [0.1, 0.15) is 39.0 Å². The molecule has 1 saturated heterocycles. The third-order valence-corrected chi connectivity index (χ3v) is 3.96. The lowest BCUT2D eigenvalue weighted by Crippen LogP contribution is -2.49. The van der Waals surface area contributed by atoms with Gasteiger partial charge in [0.2, 0.25) is 0 Å². The highest BCUT2D eigenvalue weighted by atomic mass is 16.4. The number of hydrogen-bond acceptors (Lipinski definition) is 3. The van der Waals surface area contributed by atoms with E-state index in [4.69, 9.17) is 5.11 Å². The predicted octanol–water partition coefficient (Wildman–Crippen LogP) is 0.794. The molecule has 0 aromatic rings. The number of carboxylic acids is 1. The van der Waals surface area contributed by atoms with E-state index in [1.54, 1.807) is 0 Å². The Balaban J connectivity index is 1.91. The van der Waals surface area contributed by atoms with Gasteiger partial charge in [-0.3, -0.25) is 0 Å². The number of aliphatic hydroxyl groups is 1. The summed E-state index contributed by atoms with van der Waals surface area (Å²) in [7, 11) is 0. The first-order valence-corrected chi connectivity index (χ1v) is 6.99. The average Bonchev–Trinajstić information content (AvgIpc) is 3.08. The van der Waals surface area contributed by atoms with E-state index in [-0.39, 0.29) is 25.0 Å². The number of carbonyl (C=O) groups excluding carboxylic acids is 1. The molecular formula is C13H22N2O4. The fourth-order valence-corrected chi connectivity index (χ4v) is 2.61. The van der Waals surface area contributed by atoms with Crippen molar-refractivity contribution < 1.29 is 19.8 Å². The maximum absolute atomic E-state index is 12.1. The van der Waals surface area contributed by atoms with E-state index < -0.39 is 18.1 Å². The Labute approximate surface area is 112 Å². The molecule has 3 atom stereocenters. The number of β-amino-alcohol motifs (C(OH)–C–C–N with tert-alkyl or cyclic N) is 1. The highest BCUT2D eigenvalue weighted by molar-refractivity contribution is 5.83. The summed E-state index contributed by atoms with van der Waals surface area (Å²) >= 11 is 0. The highest BCUT2D eigenvalue weighted by Crippen LogP contribution is 2.34. The van der Waals surface area contributed by atoms with Crippen molar-refractivity contribution >= 4 is 12.0 Å². The number of amides is 2. The lowest BCUT2D eigenvalue weighted by molar-refractivity contribution is -0.141. The Morgan fingerprint density at radius 1 is 1.42 bits per heavy atom. The summed E-state index contributed by atoms with van der Waals surface area (Å²) in [5.74, 6) is -0.341. The fourth-order valence-electron chi connectivity index (χ4n) is 2.61. The van der Waals surface area contributed by atoms with E-state index in [9.17, 15) is 14.7 Å². The number of hydrogen-bond donors (Lipinski definition) is 3. The molecule has 108 valence electrons. The number of rotatable bonds is 5. The average molecular weight is 270 g/mol. The van der Waals surface area contributed by atoms with Crippen LogP contribution in [-0.2, 0) is 4.79 Å². The quantitative estimate of drug-likeness (QED) is 0.689. The van der Waals surface area contributed by atoms with Crippen LogP contribution < -0.4 is 5.32 Å². The number of aliphatic carboxylic acids is 1. The van der Waals surface area contributed by atoms with Crippen molar-refractivity contribution in [2.24, 2.45) is 5.92 Å². The van der Waals surface area contributed by atoms with Crippen molar-refractivity contribution in [3.63, 3.8) is 0 Å². The summed E-state index contributed by atoms with van der Waals surface area (Å²) in [6.45, 7) is 2.11. The van der Waals surface area contributed by atoms with E-state index in [2.05, 4.69) is 5.32 Å². The van der Waals surface area contributed by atoms with Gasteiger partial charge in [-0.25, -0.2) is 9.59 Å². The van der Waals surface area contributed by atoms with Gasteiger partial charge >= 0.3 is 12.0 Å². The van der Waals surface area contributed by atoms with Crippen LogP contribution in [0, 0.1) is 5.92 Å². The molecule has 0 bridgehead atoms. The third kappa shape index (κ3) is 3.59. The van der Waals surface area contributed by atoms with E-state index in [1.807, 2.05) is 6.92 Å². The van der Waals surface area contributed by atoms with Crippen molar-refractivity contribution in [3.8, 4) is 0 Å². The zero-order valence-electron chi connectivity index (χ0n) is 11.2. The molecule has 2 fully saturated rings. The summed E-state index contributed by atoms with van der Waals surface area (Å²) in [5, 5.41) is 21.5. The van der Waals surface area contributed by atoms with Crippen LogP contribution >= 0.6 is 0 Å². The van der Waals surface area contributed by atoms with Crippen LogP contribution in [0.2, 0.25) is 0 Å². The lowest BCUT2D eigenvalue weighted by atomic mass is 10.1. The van der Waals surface area contributed by atoms with Crippen molar-refractivity contribution in [1.29, 1.82) is 0 Å². The van der Waals surface area contributed by atoms with Crippen molar-refractivity contribution in [2.75, 3.05) is 6.54 Å². The van der Waals surface area contributed by atoms with Crippen molar-refractivity contribution in [1.82, 2.24) is 10.2 Å². The molecule has 1 saturated carbocycles. The number of nitrogens with one attached hydrogen (secondary N) is 1. The van der Waals surface area contributed by atoms with Crippen LogP contribution in [0.15, 0.2) is 0 Å². The van der Waals surface area contributed by atoms with Gasteiger partial charge in [0.1, 0.15) is 6.04 Å². The van der Waals surface area contributed by atoms with Crippen molar-refractivity contribution in [3.05, 3.63) is 0 Å². The van der Waals surface area contributed by atoms with Crippen LogP contribution in [0.5, 0.6) is 0 Å². The zero-order chi connectivity index (χ0) is 14.0. The van der Waals surface area contributed by atoms with E-state index in [0.29, 0.717) is 5.92 Å². The molecule has 19 heavy (non-hydrogen) atoms. The van der Waals surface area contributed by atoms with Gasteiger partial charge < -0.3 is 20.4 Å². The lowest BCUT2D eigenvalue weighted by Gasteiger charge is -2.25. The highest BCUT2D eigenvalue weighted by Gasteiger charge is 2.39. The summed E-state index contributed by atoms with van der Waals surface area (Å²) in [5.41, 5.74) is 0. The molecule has 1 aliphatic carbocycles. The molecule has 0 aromatic heterocycles. The van der Waals surface area contributed by atoms with E-state index >= 15 is 0 Å². The Morgan fingerprint density at radius 3 is 2.63 bits per heavy atom. The Morgan fingerprint density at radius 2 is 2.11 bits per heavy atom. The first-order valence-electron chi connectivity index (χ1n) is 6.99.